The Bertz CT molecular complexity index is 684. The lowest BCUT2D eigenvalue weighted by molar-refractivity contribution is -0.384. The molecule has 108 valence electrons. The molecule has 21 heavy (non-hydrogen) atoms. The Morgan fingerprint density at radius 1 is 1.14 bits per heavy atom. The summed E-state index contributed by atoms with van der Waals surface area (Å²) in [5, 5.41) is 10.9. The summed E-state index contributed by atoms with van der Waals surface area (Å²) in [5.74, 6) is 0. The van der Waals surface area contributed by atoms with Crippen LogP contribution in [0.1, 0.15) is 23.1 Å². The van der Waals surface area contributed by atoms with Gasteiger partial charge < -0.3 is 5.73 Å². The predicted molar refractivity (Wildman–Crippen MR) is 82.2 cm³/mol. The van der Waals surface area contributed by atoms with E-state index in [-0.39, 0.29) is 16.1 Å². The van der Waals surface area contributed by atoms with E-state index in [0.717, 1.165) is 24.8 Å². The second kappa shape index (κ2) is 5.30. The lowest BCUT2D eigenvalue weighted by Crippen LogP contribution is -2.47. The Hall–Kier alpha value is -2.20. The Morgan fingerprint density at radius 3 is 2.67 bits per heavy atom. The molecule has 1 aliphatic carbocycles. The standard InChI is InChI=1S/C17H18N2O2/c18-17(9-8-14-5-1-2-6-15(14)12-17)11-13-4-3-7-16(10-13)19(20)21/h1-7,10H,8-9,11-12,18H2. The van der Waals surface area contributed by atoms with Crippen molar-refractivity contribution in [3.63, 3.8) is 0 Å². The van der Waals surface area contributed by atoms with Crippen LogP contribution in [0, 0.1) is 10.1 Å². The van der Waals surface area contributed by atoms with Crippen LogP contribution < -0.4 is 5.73 Å². The number of nitro benzene ring substituents is 1. The molecule has 0 aliphatic heterocycles. The van der Waals surface area contributed by atoms with Gasteiger partial charge in [-0.25, -0.2) is 0 Å². The lowest BCUT2D eigenvalue weighted by atomic mass is 9.75. The van der Waals surface area contributed by atoms with E-state index in [0.29, 0.717) is 6.42 Å². The molecule has 4 heteroatoms. The van der Waals surface area contributed by atoms with Crippen molar-refractivity contribution in [2.24, 2.45) is 5.73 Å². The fourth-order valence-corrected chi connectivity index (χ4v) is 3.16. The number of hydrogen-bond donors (Lipinski definition) is 1. The van der Waals surface area contributed by atoms with Gasteiger partial charge in [-0.2, -0.15) is 0 Å². The molecule has 2 N–H and O–H groups in total. The van der Waals surface area contributed by atoms with Gasteiger partial charge in [0.15, 0.2) is 0 Å². The number of fused-ring (bicyclic) bond motifs is 1. The first-order chi connectivity index (χ1) is 10.1. The molecule has 4 nitrogen and oxygen atoms in total. The summed E-state index contributed by atoms with van der Waals surface area (Å²) in [6, 6.07) is 15.2. The zero-order chi connectivity index (χ0) is 14.9. The summed E-state index contributed by atoms with van der Waals surface area (Å²) >= 11 is 0. The van der Waals surface area contributed by atoms with E-state index in [9.17, 15) is 10.1 Å². The van der Waals surface area contributed by atoms with Gasteiger partial charge in [0.1, 0.15) is 0 Å². The molecule has 0 amide bonds. The van der Waals surface area contributed by atoms with Crippen LogP contribution in [0.3, 0.4) is 0 Å². The van der Waals surface area contributed by atoms with Crippen molar-refractivity contribution in [3.8, 4) is 0 Å². The average Bonchev–Trinajstić information content (AvgIpc) is 2.47. The fourth-order valence-electron chi connectivity index (χ4n) is 3.16. The number of aryl methyl sites for hydroxylation is 1. The highest BCUT2D eigenvalue weighted by atomic mass is 16.6. The molecule has 1 unspecified atom stereocenters. The van der Waals surface area contributed by atoms with Crippen molar-refractivity contribution < 1.29 is 4.92 Å². The smallest absolute Gasteiger partial charge is 0.269 e. The van der Waals surface area contributed by atoms with E-state index in [1.807, 2.05) is 12.1 Å². The van der Waals surface area contributed by atoms with Gasteiger partial charge in [-0.05, 0) is 42.4 Å². The molecule has 0 aromatic heterocycles. The third kappa shape index (κ3) is 2.95. The summed E-state index contributed by atoms with van der Waals surface area (Å²) in [5.41, 5.74) is 9.99. The van der Waals surface area contributed by atoms with E-state index >= 15 is 0 Å². The Morgan fingerprint density at radius 2 is 1.90 bits per heavy atom. The monoisotopic (exact) mass is 282 g/mol. The van der Waals surface area contributed by atoms with Crippen molar-refractivity contribution in [2.45, 2.75) is 31.2 Å². The first kappa shape index (κ1) is 13.8. The van der Waals surface area contributed by atoms with Gasteiger partial charge in [-0.15, -0.1) is 0 Å². The molecule has 0 spiro atoms. The van der Waals surface area contributed by atoms with Crippen molar-refractivity contribution in [1.82, 2.24) is 0 Å². The largest absolute Gasteiger partial charge is 0.324 e. The van der Waals surface area contributed by atoms with Gasteiger partial charge in [0.05, 0.1) is 4.92 Å². The van der Waals surface area contributed by atoms with Gasteiger partial charge in [-0.3, -0.25) is 10.1 Å². The van der Waals surface area contributed by atoms with E-state index in [4.69, 9.17) is 5.73 Å². The molecule has 0 saturated carbocycles. The molecule has 0 radical (unpaired) electrons. The first-order valence-electron chi connectivity index (χ1n) is 7.15. The lowest BCUT2D eigenvalue weighted by Gasteiger charge is -2.35. The van der Waals surface area contributed by atoms with E-state index < -0.39 is 0 Å². The maximum absolute atomic E-state index is 10.9. The van der Waals surface area contributed by atoms with Gasteiger partial charge in [-0.1, -0.05) is 36.4 Å². The van der Waals surface area contributed by atoms with Gasteiger partial charge in [0, 0.05) is 17.7 Å². The normalized spacial score (nSPS) is 20.8. The molecule has 1 atom stereocenters. The van der Waals surface area contributed by atoms with Crippen LogP contribution >= 0.6 is 0 Å². The summed E-state index contributed by atoms with van der Waals surface area (Å²) in [6.07, 6.45) is 3.38. The number of non-ortho nitro benzene ring substituents is 1. The number of benzene rings is 2. The highest BCUT2D eigenvalue weighted by molar-refractivity contribution is 5.37. The average molecular weight is 282 g/mol. The van der Waals surface area contributed by atoms with Crippen LogP contribution in [0.15, 0.2) is 48.5 Å². The van der Waals surface area contributed by atoms with E-state index in [2.05, 4.69) is 18.2 Å². The van der Waals surface area contributed by atoms with Crippen molar-refractivity contribution in [3.05, 3.63) is 75.3 Å². The molecule has 2 aromatic rings. The second-order valence-electron chi connectivity index (χ2n) is 5.91. The van der Waals surface area contributed by atoms with Crippen molar-refractivity contribution in [1.29, 1.82) is 0 Å². The highest BCUT2D eigenvalue weighted by Crippen LogP contribution is 2.30. The number of rotatable bonds is 3. The molecule has 1 aliphatic rings. The summed E-state index contributed by atoms with van der Waals surface area (Å²) in [7, 11) is 0. The minimum absolute atomic E-state index is 0.132. The minimum atomic E-state index is -0.358. The minimum Gasteiger partial charge on any atom is -0.324 e. The Balaban J connectivity index is 1.82. The van der Waals surface area contributed by atoms with Gasteiger partial charge in [0.25, 0.3) is 5.69 Å². The van der Waals surface area contributed by atoms with Crippen LogP contribution in [-0.4, -0.2) is 10.5 Å². The zero-order valence-corrected chi connectivity index (χ0v) is 11.8. The van der Waals surface area contributed by atoms with Crippen LogP contribution in [0.2, 0.25) is 0 Å². The SMILES string of the molecule is NC1(Cc2cccc([N+](=O)[O-])c2)CCc2ccccc2C1. The Labute approximate surface area is 123 Å². The molecule has 3 rings (SSSR count). The predicted octanol–water partition coefficient (Wildman–Crippen LogP) is 3.02. The van der Waals surface area contributed by atoms with Gasteiger partial charge in [0.2, 0.25) is 0 Å². The molecule has 0 saturated heterocycles. The molecule has 0 fully saturated rings. The quantitative estimate of drug-likeness (QED) is 0.695. The Kier molecular flexibility index (Phi) is 3.47. The first-order valence-corrected chi connectivity index (χ1v) is 7.15. The highest BCUT2D eigenvalue weighted by Gasteiger charge is 2.30. The number of nitro groups is 1. The van der Waals surface area contributed by atoms with Gasteiger partial charge >= 0.3 is 0 Å². The molecular formula is C17H18N2O2. The van der Waals surface area contributed by atoms with Crippen molar-refractivity contribution >= 4 is 5.69 Å². The molecule has 2 aromatic carbocycles. The maximum atomic E-state index is 10.9. The molecular weight excluding hydrogens is 264 g/mol. The van der Waals surface area contributed by atoms with Crippen LogP contribution in [0.4, 0.5) is 5.69 Å². The fraction of sp³-hybridized carbons (Fsp3) is 0.294. The van der Waals surface area contributed by atoms with E-state index in [1.54, 1.807) is 12.1 Å². The van der Waals surface area contributed by atoms with E-state index in [1.165, 1.54) is 17.2 Å². The molecule has 0 heterocycles. The number of hydrogen-bond acceptors (Lipinski definition) is 3. The van der Waals surface area contributed by atoms with Crippen LogP contribution in [-0.2, 0) is 19.3 Å². The maximum Gasteiger partial charge on any atom is 0.269 e. The third-order valence-electron chi connectivity index (χ3n) is 4.23. The topological polar surface area (TPSA) is 69.2 Å². The second-order valence-corrected chi connectivity index (χ2v) is 5.91. The summed E-state index contributed by atoms with van der Waals surface area (Å²) in [6.45, 7) is 0. The summed E-state index contributed by atoms with van der Waals surface area (Å²) < 4.78 is 0. The van der Waals surface area contributed by atoms with Crippen LogP contribution in [0.5, 0.6) is 0 Å². The zero-order valence-electron chi connectivity index (χ0n) is 11.8. The van der Waals surface area contributed by atoms with Crippen LogP contribution in [0.25, 0.3) is 0 Å². The third-order valence-corrected chi connectivity index (χ3v) is 4.23. The number of nitrogens with zero attached hydrogens (tertiary/aromatic N) is 1. The molecule has 0 bridgehead atoms. The van der Waals surface area contributed by atoms with Crippen molar-refractivity contribution in [2.75, 3.05) is 0 Å². The summed E-state index contributed by atoms with van der Waals surface area (Å²) in [4.78, 5) is 10.5. The number of nitrogens with two attached hydrogens (primary N) is 1.